The molecule has 9 nitrogen and oxygen atoms in total. The Hall–Kier alpha value is -5.33. The number of fused-ring (bicyclic) bond motifs is 6. The number of carbonyl (C=O) groups is 1. The lowest BCUT2D eigenvalue weighted by Gasteiger charge is -2.33. The first kappa shape index (κ1) is 37.0. The average molecular weight is 752 g/mol. The molecule has 0 spiro atoms. The van der Waals surface area contributed by atoms with Crippen molar-refractivity contribution in [1.29, 1.82) is 0 Å². The van der Waals surface area contributed by atoms with E-state index in [-0.39, 0.29) is 18.1 Å². The van der Waals surface area contributed by atoms with Gasteiger partial charge >= 0.3 is 0 Å². The summed E-state index contributed by atoms with van der Waals surface area (Å²) >= 11 is 1.52. The Kier molecular flexibility index (Phi) is 10.4. The molecule has 54 heavy (non-hydrogen) atoms. The number of pyridine rings is 1. The Bertz CT molecular complexity index is 2310. The van der Waals surface area contributed by atoms with Gasteiger partial charge in [0.1, 0.15) is 30.1 Å². The largest absolute Gasteiger partial charge is 0.488 e. The summed E-state index contributed by atoms with van der Waals surface area (Å²) in [4.78, 5) is 21.1. The first-order valence-electron chi connectivity index (χ1n) is 17.9. The Morgan fingerprint density at radius 2 is 1.96 bits per heavy atom. The third-order valence-electron chi connectivity index (χ3n) is 9.89. The maximum absolute atomic E-state index is 15.1. The van der Waals surface area contributed by atoms with Gasteiger partial charge in [-0.2, -0.15) is 0 Å². The Morgan fingerprint density at radius 1 is 1.15 bits per heavy atom. The molecule has 2 aliphatic rings. The highest BCUT2D eigenvalue weighted by Gasteiger charge is 2.31. The molecule has 0 radical (unpaired) electrons. The quantitative estimate of drug-likeness (QED) is 0.0664. The minimum Gasteiger partial charge on any atom is -0.488 e. The smallest absolute Gasteiger partial charge is 0.246 e. The molecule has 0 N–H and O–H groups in total. The van der Waals surface area contributed by atoms with E-state index in [1.54, 1.807) is 4.90 Å². The predicted molar refractivity (Wildman–Crippen MR) is 210 cm³/mol. The first-order valence-corrected chi connectivity index (χ1v) is 18.8. The maximum atomic E-state index is 15.1. The standard InChI is InChI=1S/C42H43F2N5O4S/c1-8-27-17-31(41-30-11-15-54-42(30)40-33(45-41)18-28-16-29(43)19-32(44)39(28)40)36(20-35(27)47(6)7)52-22-24(3)10-14-51-23-25(4)53-37-21-34-26(5)48(38(50)9-2)12-13-49(34)46-37/h8-11,15-17,19-21,25-26H,1-2,12-14,18,22-23H2,3-7H3/b24-10+/t25-,26?/m0/s1. The van der Waals surface area contributed by atoms with Crippen LogP contribution in [0.1, 0.15) is 49.3 Å². The zero-order valence-electron chi connectivity index (χ0n) is 31.1. The first-order chi connectivity index (χ1) is 26.0. The van der Waals surface area contributed by atoms with Gasteiger partial charge in [0.15, 0.2) is 0 Å². The average Bonchev–Trinajstić information content (AvgIpc) is 3.88. The summed E-state index contributed by atoms with van der Waals surface area (Å²) in [6.07, 6.45) is 5.22. The van der Waals surface area contributed by atoms with E-state index in [0.29, 0.717) is 67.8 Å². The molecule has 1 aliphatic carbocycles. The summed E-state index contributed by atoms with van der Waals surface area (Å²) in [6, 6.07) is 10.1. The molecule has 12 heteroatoms. The van der Waals surface area contributed by atoms with E-state index in [2.05, 4.69) is 18.3 Å². The molecule has 0 saturated heterocycles. The molecule has 0 saturated carbocycles. The van der Waals surface area contributed by atoms with Gasteiger partial charge in [0.05, 0.1) is 42.9 Å². The number of rotatable bonds is 13. The molecule has 2 aromatic carbocycles. The number of benzene rings is 2. The summed E-state index contributed by atoms with van der Waals surface area (Å²) in [5, 5.41) is 7.43. The summed E-state index contributed by atoms with van der Waals surface area (Å²) in [5.41, 5.74) is 7.72. The highest BCUT2D eigenvalue weighted by Crippen LogP contribution is 2.48. The van der Waals surface area contributed by atoms with Crippen molar-refractivity contribution in [2.45, 2.75) is 45.9 Å². The predicted octanol–water partition coefficient (Wildman–Crippen LogP) is 8.62. The third-order valence-corrected chi connectivity index (χ3v) is 10.8. The fourth-order valence-electron chi connectivity index (χ4n) is 7.21. The van der Waals surface area contributed by atoms with Crippen LogP contribution in [0.25, 0.3) is 38.5 Å². The molecule has 4 heterocycles. The second-order valence-electron chi connectivity index (χ2n) is 13.9. The molecule has 1 amide bonds. The number of nitrogens with zero attached hydrogens (tertiary/aromatic N) is 5. The molecule has 5 aromatic rings. The van der Waals surface area contributed by atoms with E-state index in [4.69, 9.17) is 19.2 Å². The van der Waals surface area contributed by atoms with Gasteiger partial charge in [-0.1, -0.05) is 25.3 Å². The highest BCUT2D eigenvalue weighted by molar-refractivity contribution is 7.17. The minimum absolute atomic E-state index is 0.0988. The molecule has 3 aromatic heterocycles. The van der Waals surface area contributed by atoms with Crippen molar-refractivity contribution < 1.29 is 27.8 Å². The normalized spacial score (nSPS) is 15.4. The van der Waals surface area contributed by atoms with Crippen molar-refractivity contribution in [3.63, 3.8) is 0 Å². The van der Waals surface area contributed by atoms with E-state index < -0.39 is 11.6 Å². The lowest BCUT2D eigenvalue weighted by Crippen LogP contribution is -2.40. The van der Waals surface area contributed by atoms with Crippen LogP contribution in [0, 0.1) is 11.6 Å². The van der Waals surface area contributed by atoms with Crippen molar-refractivity contribution in [3.05, 3.63) is 107 Å². The Balaban J connectivity index is 1.05. The van der Waals surface area contributed by atoms with E-state index in [1.165, 1.54) is 23.5 Å². The third kappa shape index (κ3) is 7.03. The fraction of sp³-hybridized carbons (Fsp3) is 0.310. The molecule has 280 valence electrons. The lowest BCUT2D eigenvalue weighted by atomic mass is 9.99. The van der Waals surface area contributed by atoms with Crippen LogP contribution in [-0.4, -0.2) is 72.1 Å². The number of hydrogen-bond acceptors (Lipinski definition) is 8. The van der Waals surface area contributed by atoms with Gasteiger partial charge in [0, 0.05) is 77.7 Å². The minimum atomic E-state index is -0.594. The van der Waals surface area contributed by atoms with Crippen LogP contribution in [-0.2, 0) is 22.5 Å². The molecule has 0 bridgehead atoms. The Morgan fingerprint density at radius 3 is 2.72 bits per heavy atom. The van der Waals surface area contributed by atoms with Gasteiger partial charge in [0.2, 0.25) is 11.8 Å². The van der Waals surface area contributed by atoms with Gasteiger partial charge < -0.3 is 24.0 Å². The van der Waals surface area contributed by atoms with Crippen LogP contribution >= 0.6 is 11.3 Å². The lowest BCUT2D eigenvalue weighted by molar-refractivity contribution is -0.129. The van der Waals surface area contributed by atoms with Crippen LogP contribution < -0.4 is 14.4 Å². The van der Waals surface area contributed by atoms with E-state index >= 15 is 4.39 Å². The zero-order chi connectivity index (χ0) is 38.3. The molecule has 0 fully saturated rings. The second kappa shape index (κ2) is 15.2. The number of aromatic nitrogens is 3. The molecular weight excluding hydrogens is 709 g/mol. The van der Waals surface area contributed by atoms with Crippen LogP contribution in [0.2, 0.25) is 0 Å². The van der Waals surface area contributed by atoms with Crippen molar-refractivity contribution in [1.82, 2.24) is 19.7 Å². The van der Waals surface area contributed by atoms with Crippen molar-refractivity contribution in [2.75, 3.05) is 45.4 Å². The highest BCUT2D eigenvalue weighted by atomic mass is 32.1. The number of hydrogen-bond donors (Lipinski definition) is 0. The number of ether oxygens (including phenoxy) is 3. The van der Waals surface area contributed by atoms with Crippen molar-refractivity contribution in [3.8, 4) is 34.0 Å². The summed E-state index contributed by atoms with van der Waals surface area (Å²) < 4.78 is 50.7. The van der Waals surface area contributed by atoms with Crippen molar-refractivity contribution in [2.24, 2.45) is 0 Å². The molecule has 2 atom stereocenters. The fourth-order valence-corrected chi connectivity index (χ4v) is 8.18. The maximum Gasteiger partial charge on any atom is 0.246 e. The topological polar surface area (TPSA) is 82.0 Å². The number of carbonyl (C=O) groups excluding carboxylic acids is 1. The number of amides is 1. The van der Waals surface area contributed by atoms with Gasteiger partial charge in [0.25, 0.3) is 0 Å². The van der Waals surface area contributed by atoms with Crippen LogP contribution in [0.5, 0.6) is 11.6 Å². The summed E-state index contributed by atoms with van der Waals surface area (Å²) in [5.74, 6) is -0.126. The SMILES string of the molecule is C=CC(=O)N1CCn2nc(O[C@@H](C)COC/C=C(\C)COc3cc(N(C)C)c(C=C)cc3-c3nc4c(c5sccc35)-c3c(F)cc(F)cc3C4)cc2C1C. The summed E-state index contributed by atoms with van der Waals surface area (Å²) in [7, 11) is 3.94. The van der Waals surface area contributed by atoms with Crippen LogP contribution in [0.3, 0.4) is 0 Å². The van der Waals surface area contributed by atoms with Crippen LogP contribution in [0.15, 0.2) is 72.7 Å². The number of anilines is 1. The molecule has 1 aliphatic heterocycles. The van der Waals surface area contributed by atoms with Gasteiger partial charge in [-0.05, 0) is 67.1 Å². The molecular formula is C42H43F2N5O4S. The van der Waals surface area contributed by atoms with Gasteiger partial charge in [-0.15, -0.1) is 16.4 Å². The molecule has 7 rings (SSSR count). The van der Waals surface area contributed by atoms with E-state index in [9.17, 15) is 9.18 Å². The zero-order valence-corrected chi connectivity index (χ0v) is 31.9. The van der Waals surface area contributed by atoms with Gasteiger partial charge in [-0.3, -0.25) is 14.5 Å². The summed E-state index contributed by atoms with van der Waals surface area (Å²) in [6.45, 7) is 15.7. The second-order valence-corrected chi connectivity index (χ2v) is 14.8. The Labute approximate surface area is 317 Å². The number of halogens is 2. The molecule has 1 unspecified atom stereocenters. The van der Waals surface area contributed by atoms with E-state index in [1.807, 2.05) is 86.2 Å². The van der Waals surface area contributed by atoms with E-state index in [0.717, 1.165) is 55.5 Å². The van der Waals surface area contributed by atoms with Crippen LogP contribution in [0.4, 0.5) is 14.5 Å². The van der Waals surface area contributed by atoms with Crippen molar-refractivity contribution >= 4 is 39.1 Å². The number of thiophene rings is 1. The van der Waals surface area contributed by atoms with Gasteiger partial charge in [-0.25, -0.2) is 8.78 Å². The monoisotopic (exact) mass is 751 g/mol.